The molecule has 19 heavy (non-hydrogen) atoms. The Labute approximate surface area is 108 Å². The van der Waals surface area contributed by atoms with E-state index in [1.165, 1.54) is 29.6 Å². The van der Waals surface area contributed by atoms with Crippen molar-refractivity contribution in [3.05, 3.63) is 34.4 Å². The van der Waals surface area contributed by atoms with Crippen molar-refractivity contribution < 1.29 is 24.9 Å². The predicted molar refractivity (Wildman–Crippen MR) is 63.0 cm³/mol. The van der Waals surface area contributed by atoms with Gasteiger partial charge in [0.15, 0.2) is 6.04 Å². The molecule has 0 bridgehead atoms. The molecular formula is C11H13N3O5. The largest absolute Gasteiger partial charge is 0.550 e. The SMILES string of the molecule is C[NH2+][C@@H](CC(=O)[O-])C(=O)Nc1cccc([N+](=O)[O-])c1. The van der Waals surface area contributed by atoms with Gasteiger partial charge in [0, 0.05) is 30.2 Å². The lowest BCUT2D eigenvalue weighted by Gasteiger charge is -2.13. The van der Waals surface area contributed by atoms with Crippen molar-refractivity contribution in [2.45, 2.75) is 12.5 Å². The highest BCUT2D eigenvalue weighted by molar-refractivity contribution is 5.95. The normalized spacial score (nSPS) is 11.6. The summed E-state index contributed by atoms with van der Waals surface area (Å²) in [6.07, 6.45) is -0.433. The molecule has 1 aromatic rings. The Bertz CT molecular complexity index is 503. The second-order valence-electron chi connectivity index (χ2n) is 3.81. The zero-order valence-electron chi connectivity index (χ0n) is 10.2. The van der Waals surface area contributed by atoms with E-state index in [2.05, 4.69) is 5.32 Å². The van der Waals surface area contributed by atoms with Crippen molar-refractivity contribution in [3.63, 3.8) is 0 Å². The zero-order chi connectivity index (χ0) is 14.4. The van der Waals surface area contributed by atoms with Crippen LogP contribution in [0.3, 0.4) is 0 Å². The number of nitro groups is 1. The van der Waals surface area contributed by atoms with Crippen LogP contribution >= 0.6 is 0 Å². The molecule has 102 valence electrons. The highest BCUT2D eigenvalue weighted by Crippen LogP contribution is 2.17. The minimum atomic E-state index is -1.34. The van der Waals surface area contributed by atoms with Gasteiger partial charge in [0.05, 0.1) is 12.0 Å². The van der Waals surface area contributed by atoms with Crippen LogP contribution in [0.25, 0.3) is 0 Å². The molecule has 0 aliphatic rings. The Hall–Kier alpha value is -2.48. The number of hydrogen-bond acceptors (Lipinski definition) is 5. The number of carboxylic acids is 1. The summed E-state index contributed by atoms with van der Waals surface area (Å²) in [5, 5.41) is 24.9. The number of carboxylic acid groups (broad SMARTS) is 1. The van der Waals surface area contributed by atoms with E-state index in [0.717, 1.165) is 0 Å². The van der Waals surface area contributed by atoms with E-state index in [1.54, 1.807) is 7.05 Å². The van der Waals surface area contributed by atoms with Gasteiger partial charge in [-0.3, -0.25) is 14.9 Å². The second kappa shape index (κ2) is 6.45. The van der Waals surface area contributed by atoms with Crippen LogP contribution in [0.2, 0.25) is 0 Å². The number of nitro benzene ring substituents is 1. The van der Waals surface area contributed by atoms with Crippen LogP contribution in [-0.4, -0.2) is 29.9 Å². The summed E-state index contributed by atoms with van der Waals surface area (Å²) >= 11 is 0. The molecular weight excluding hydrogens is 254 g/mol. The average molecular weight is 267 g/mol. The number of nitrogens with two attached hydrogens (primary N) is 1. The van der Waals surface area contributed by atoms with E-state index in [-0.39, 0.29) is 11.4 Å². The highest BCUT2D eigenvalue weighted by atomic mass is 16.6. The van der Waals surface area contributed by atoms with Gasteiger partial charge in [0.2, 0.25) is 0 Å². The van der Waals surface area contributed by atoms with Crippen molar-refractivity contribution in [3.8, 4) is 0 Å². The standard InChI is InChI=1S/C11H13N3O5/c1-12-9(6-10(15)16)11(17)13-7-3-2-4-8(5-7)14(18)19/h2-5,9,12H,6H2,1H3,(H,13,17)(H,15,16)/t9-/m0/s1. The van der Waals surface area contributed by atoms with Crippen LogP contribution in [0.4, 0.5) is 11.4 Å². The van der Waals surface area contributed by atoms with E-state index in [4.69, 9.17) is 0 Å². The van der Waals surface area contributed by atoms with Crippen LogP contribution in [-0.2, 0) is 9.59 Å². The smallest absolute Gasteiger partial charge is 0.282 e. The van der Waals surface area contributed by atoms with E-state index < -0.39 is 29.3 Å². The predicted octanol–water partition coefficient (Wildman–Crippen LogP) is -1.76. The minimum Gasteiger partial charge on any atom is -0.550 e. The molecule has 0 heterocycles. The maximum atomic E-state index is 11.8. The molecule has 8 nitrogen and oxygen atoms in total. The van der Waals surface area contributed by atoms with Gasteiger partial charge in [0.1, 0.15) is 0 Å². The molecule has 0 aliphatic heterocycles. The number of nitrogens with zero attached hydrogens (tertiary/aromatic N) is 1. The molecule has 0 unspecified atom stereocenters. The lowest BCUT2D eigenvalue weighted by atomic mass is 10.2. The molecule has 0 saturated carbocycles. The van der Waals surface area contributed by atoms with Gasteiger partial charge in [-0.2, -0.15) is 0 Å². The highest BCUT2D eigenvalue weighted by Gasteiger charge is 2.20. The number of quaternary nitrogens is 1. The fraction of sp³-hybridized carbons (Fsp3) is 0.273. The summed E-state index contributed by atoms with van der Waals surface area (Å²) in [6, 6.07) is 4.56. The average Bonchev–Trinajstić information content (AvgIpc) is 2.35. The van der Waals surface area contributed by atoms with E-state index in [0.29, 0.717) is 0 Å². The van der Waals surface area contributed by atoms with Crippen LogP contribution in [0, 0.1) is 10.1 Å². The number of anilines is 1. The molecule has 0 aliphatic carbocycles. The lowest BCUT2D eigenvalue weighted by molar-refractivity contribution is -0.649. The second-order valence-corrected chi connectivity index (χ2v) is 3.81. The molecule has 0 aromatic heterocycles. The maximum Gasteiger partial charge on any atom is 0.282 e. The number of nitrogens with one attached hydrogen (secondary N) is 1. The Kier molecular flexibility index (Phi) is 4.95. The molecule has 3 N–H and O–H groups in total. The van der Waals surface area contributed by atoms with Gasteiger partial charge in [-0.25, -0.2) is 0 Å². The van der Waals surface area contributed by atoms with Gasteiger partial charge < -0.3 is 20.5 Å². The molecule has 8 heteroatoms. The van der Waals surface area contributed by atoms with Crippen LogP contribution in [0.15, 0.2) is 24.3 Å². The summed E-state index contributed by atoms with van der Waals surface area (Å²) in [4.78, 5) is 32.2. The molecule has 1 amide bonds. The van der Waals surface area contributed by atoms with E-state index in [1.807, 2.05) is 0 Å². The van der Waals surface area contributed by atoms with Gasteiger partial charge in [-0.1, -0.05) is 6.07 Å². The lowest BCUT2D eigenvalue weighted by Crippen LogP contribution is -2.89. The first-order valence-corrected chi connectivity index (χ1v) is 5.48. The Morgan fingerprint density at radius 1 is 1.47 bits per heavy atom. The third-order valence-corrected chi connectivity index (χ3v) is 2.45. The van der Waals surface area contributed by atoms with Crippen LogP contribution < -0.4 is 15.7 Å². The number of benzene rings is 1. The number of amides is 1. The number of aliphatic carboxylic acids is 1. The number of likely N-dealkylation sites (N-methyl/N-ethyl adjacent to an activating group) is 1. The first-order chi connectivity index (χ1) is 8.93. The van der Waals surface area contributed by atoms with Crippen LogP contribution in [0.5, 0.6) is 0 Å². The van der Waals surface area contributed by atoms with Gasteiger partial charge in [-0.05, 0) is 6.07 Å². The summed E-state index contributed by atoms with van der Waals surface area (Å²) < 4.78 is 0. The van der Waals surface area contributed by atoms with Crippen molar-refractivity contribution in [2.75, 3.05) is 12.4 Å². The number of non-ortho nitro benzene ring substituents is 1. The summed E-state index contributed by atoms with van der Waals surface area (Å²) in [5.74, 6) is -1.88. The number of carbonyl (C=O) groups excluding carboxylic acids is 2. The molecule has 0 spiro atoms. The summed E-state index contributed by atoms with van der Waals surface area (Å²) in [7, 11) is 1.56. The molecule has 0 radical (unpaired) electrons. The third-order valence-electron chi connectivity index (χ3n) is 2.45. The fourth-order valence-electron chi connectivity index (χ4n) is 1.47. The van der Waals surface area contributed by atoms with Crippen molar-refractivity contribution >= 4 is 23.3 Å². The van der Waals surface area contributed by atoms with Crippen molar-refractivity contribution in [2.24, 2.45) is 0 Å². The monoisotopic (exact) mass is 267 g/mol. The Morgan fingerprint density at radius 3 is 2.68 bits per heavy atom. The van der Waals surface area contributed by atoms with Gasteiger partial charge >= 0.3 is 0 Å². The first-order valence-electron chi connectivity index (χ1n) is 5.48. The fourth-order valence-corrected chi connectivity index (χ4v) is 1.47. The number of rotatable bonds is 6. The van der Waals surface area contributed by atoms with Crippen LogP contribution in [0.1, 0.15) is 6.42 Å². The molecule has 0 fully saturated rings. The molecule has 1 atom stereocenters. The summed E-state index contributed by atoms with van der Waals surface area (Å²) in [6.45, 7) is 0. The van der Waals surface area contributed by atoms with E-state index >= 15 is 0 Å². The third kappa shape index (κ3) is 4.36. The molecule has 0 saturated heterocycles. The summed E-state index contributed by atoms with van der Waals surface area (Å²) in [5.41, 5.74) is 0.0825. The first kappa shape index (κ1) is 14.6. The minimum absolute atomic E-state index is 0.158. The van der Waals surface area contributed by atoms with Crippen molar-refractivity contribution in [1.29, 1.82) is 0 Å². The van der Waals surface area contributed by atoms with Gasteiger partial charge in [0.25, 0.3) is 11.6 Å². The number of hydrogen-bond donors (Lipinski definition) is 2. The Morgan fingerprint density at radius 2 is 2.16 bits per heavy atom. The molecule has 1 aromatic carbocycles. The van der Waals surface area contributed by atoms with Gasteiger partial charge in [-0.15, -0.1) is 0 Å². The quantitative estimate of drug-likeness (QED) is 0.465. The zero-order valence-corrected chi connectivity index (χ0v) is 10.2. The maximum absolute atomic E-state index is 11.8. The molecule has 1 rings (SSSR count). The number of carbonyl (C=O) groups is 2. The van der Waals surface area contributed by atoms with Crippen molar-refractivity contribution in [1.82, 2.24) is 0 Å². The van der Waals surface area contributed by atoms with E-state index in [9.17, 15) is 24.8 Å². The Balaban J connectivity index is 2.78. The topological polar surface area (TPSA) is 129 Å².